The van der Waals surface area contributed by atoms with Crippen LogP contribution in [-0.4, -0.2) is 27.0 Å². The number of alkyl halides is 3. The second-order valence-electron chi connectivity index (χ2n) is 5.24. The van der Waals surface area contributed by atoms with Gasteiger partial charge in [-0.1, -0.05) is 0 Å². The number of hydrogen-bond acceptors (Lipinski definition) is 3. The number of rotatable bonds is 4. The van der Waals surface area contributed by atoms with Gasteiger partial charge in [0.05, 0.1) is 5.56 Å². The van der Waals surface area contributed by atoms with E-state index >= 15 is 0 Å². The molecular weight excluding hydrogens is 309 g/mol. The number of halogens is 3. The monoisotopic (exact) mass is 326 g/mol. The predicted octanol–water partition coefficient (Wildman–Crippen LogP) is 2.42. The molecule has 0 saturated heterocycles. The molecule has 0 aromatic carbocycles. The Morgan fingerprint density at radius 1 is 1.30 bits per heavy atom. The van der Waals surface area contributed by atoms with Gasteiger partial charge in [0.1, 0.15) is 11.5 Å². The standard InChI is InChI=1S/C15H17F3N4O/c1-9-8-12(15(16,17)18)21-13(20-9)4-6-19-14(23)11-5-7-22(3)10(11)2/h5,7-8H,4,6H2,1-3H3,(H,19,23). The normalized spacial score (nSPS) is 11.6. The van der Waals surface area contributed by atoms with Gasteiger partial charge in [0.2, 0.25) is 0 Å². The molecule has 5 nitrogen and oxygen atoms in total. The van der Waals surface area contributed by atoms with Crippen molar-refractivity contribution in [2.75, 3.05) is 6.54 Å². The molecular formula is C15H17F3N4O. The molecule has 0 atom stereocenters. The number of carbonyl (C=O) groups excluding carboxylic acids is 1. The third-order valence-electron chi connectivity index (χ3n) is 3.45. The average Bonchev–Trinajstić information content (AvgIpc) is 2.77. The maximum Gasteiger partial charge on any atom is 0.433 e. The number of aryl methyl sites for hydroxylation is 2. The number of hydrogen-bond donors (Lipinski definition) is 1. The van der Waals surface area contributed by atoms with E-state index in [-0.39, 0.29) is 30.4 Å². The Bertz CT molecular complexity index is 722. The first-order valence-electron chi connectivity index (χ1n) is 7.00. The molecule has 0 bridgehead atoms. The van der Waals surface area contributed by atoms with Crippen LogP contribution in [0.2, 0.25) is 0 Å². The van der Waals surface area contributed by atoms with Crippen LogP contribution in [0.5, 0.6) is 0 Å². The number of aromatic nitrogens is 3. The fourth-order valence-corrected chi connectivity index (χ4v) is 2.12. The quantitative estimate of drug-likeness (QED) is 0.939. The van der Waals surface area contributed by atoms with Crippen LogP contribution in [0.3, 0.4) is 0 Å². The van der Waals surface area contributed by atoms with E-state index < -0.39 is 11.9 Å². The summed E-state index contributed by atoms with van der Waals surface area (Å²) in [6, 6.07) is 2.59. The maximum atomic E-state index is 12.7. The molecule has 2 aromatic rings. The van der Waals surface area contributed by atoms with Crippen molar-refractivity contribution >= 4 is 5.91 Å². The number of carbonyl (C=O) groups is 1. The molecule has 0 aliphatic carbocycles. The Kier molecular flexibility index (Phi) is 4.72. The Morgan fingerprint density at radius 3 is 2.57 bits per heavy atom. The fourth-order valence-electron chi connectivity index (χ4n) is 2.12. The minimum atomic E-state index is -4.51. The highest BCUT2D eigenvalue weighted by Gasteiger charge is 2.33. The summed E-state index contributed by atoms with van der Waals surface area (Å²) in [6.07, 6.45) is -2.61. The summed E-state index contributed by atoms with van der Waals surface area (Å²) in [7, 11) is 1.82. The van der Waals surface area contributed by atoms with Crippen molar-refractivity contribution in [1.82, 2.24) is 19.9 Å². The molecule has 1 N–H and O–H groups in total. The van der Waals surface area contributed by atoms with Crippen molar-refractivity contribution in [1.29, 1.82) is 0 Å². The molecule has 0 spiro atoms. The molecule has 0 aliphatic rings. The van der Waals surface area contributed by atoms with E-state index in [0.717, 1.165) is 11.8 Å². The molecule has 2 aromatic heterocycles. The van der Waals surface area contributed by atoms with Crippen LogP contribution in [0.1, 0.15) is 33.3 Å². The molecule has 2 heterocycles. The highest BCUT2D eigenvalue weighted by atomic mass is 19.4. The summed E-state index contributed by atoms with van der Waals surface area (Å²) < 4.78 is 39.9. The topological polar surface area (TPSA) is 59.8 Å². The minimum Gasteiger partial charge on any atom is -0.354 e. The van der Waals surface area contributed by atoms with E-state index in [4.69, 9.17) is 0 Å². The molecule has 124 valence electrons. The summed E-state index contributed by atoms with van der Waals surface area (Å²) in [5.41, 5.74) is 0.625. The zero-order valence-electron chi connectivity index (χ0n) is 13.0. The lowest BCUT2D eigenvalue weighted by Crippen LogP contribution is -2.27. The van der Waals surface area contributed by atoms with Crippen molar-refractivity contribution in [2.45, 2.75) is 26.4 Å². The molecule has 0 aliphatic heterocycles. The van der Waals surface area contributed by atoms with Gasteiger partial charge in [-0.25, -0.2) is 9.97 Å². The third-order valence-corrected chi connectivity index (χ3v) is 3.45. The highest BCUT2D eigenvalue weighted by molar-refractivity contribution is 5.95. The van der Waals surface area contributed by atoms with Crippen molar-refractivity contribution < 1.29 is 18.0 Å². The molecule has 2 rings (SSSR count). The lowest BCUT2D eigenvalue weighted by molar-refractivity contribution is -0.141. The first-order valence-corrected chi connectivity index (χ1v) is 7.00. The summed E-state index contributed by atoms with van der Waals surface area (Å²) in [5.74, 6) is -0.214. The largest absolute Gasteiger partial charge is 0.433 e. The van der Waals surface area contributed by atoms with Crippen LogP contribution in [-0.2, 0) is 19.6 Å². The molecule has 0 fully saturated rings. The number of amides is 1. The van der Waals surface area contributed by atoms with Crippen LogP contribution in [0.4, 0.5) is 13.2 Å². The predicted molar refractivity (Wildman–Crippen MR) is 78.0 cm³/mol. The summed E-state index contributed by atoms with van der Waals surface area (Å²) in [4.78, 5) is 19.5. The van der Waals surface area contributed by atoms with Crippen molar-refractivity contribution in [3.8, 4) is 0 Å². The number of nitrogens with zero attached hydrogens (tertiary/aromatic N) is 3. The van der Waals surface area contributed by atoms with Gasteiger partial charge in [-0.05, 0) is 26.0 Å². The van der Waals surface area contributed by atoms with Gasteiger partial charge in [-0.2, -0.15) is 13.2 Å². The van der Waals surface area contributed by atoms with Crippen LogP contribution in [0.15, 0.2) is 18.3 Å². The van der Waals surface area contributed by atoms with Gasteiger partial charge >= 0.3 is 6.18 Å². The van der Waals surface area contributed by atoms with E-state index in [1.54, 1.807) is 12.3 Å². The van der Waals surface area contributed by atoms with Crippen LogP contribution in [0.25, 0.3) is 0 Å². The Balaban J connectivity index is 2.00. The maximum absolute atomic E-state index is 12.7. The Labute approximate surface area is 131 Å². The average molecular weight is 326 g/mol. The van der Waals surface area contributed by atoms with Gasteiger partial charge < -0.3 is 9.88 Å². The van der Waals surface area contributed by atoms with Gasteiger partial charge in [-0.3, -0.25) is 4.79 Å². The molecule has 23 heavy (non-hydrogen) atoms. The number of nitrogens with one attached hydrogen (secondary N) is 1. The van der Waals surface area contributed by atoms with Crippen molar-refractivity contribution in [3.05, 3.63) is 46.8 Å². The van der Waals surface area contributed by atoms with E-state index in [0.29, 0.717) is 5.56 Å². The second-order valence-corrected chi connectivity index (χ2v) is 5.24. The first-order chi connectivity index (χ1) is 10.7. The van der Waals surface area contributed by atoms with Gasteiger partial charge in [0.25, 0.3) is 5.91 Å². The van der Waals surface area contributed by atoms with Crippen LogP contribution in [0, 0.1) is 13.8 Å². The van der Waals surface area contributed by atoms with Crippen LogP contribution < -0.4 is 5.32 Å². The molecule has 8 heteroatoms. The summed E-state index contributed by atoms with van der Waals surface area (Å²) in [5, 5.41) is 2.67. The smallest absolute Gasteiger partial charge is 0.354 e. The van der Waals surface area contributed by atoms with E-state index in [1.807, 2.05) is 18.5 Å². The minimum absolute atomic E-state index is 0.0578. The molecule has 1 amide bonds. The lowest BCUT2D eigenvalue weighted by Gasteiger charge is -2.09. The summed E-state index contributed by atoms with van der Waals surface area (Å²) >= 11 is 0. The summed E-state index contributed by atoms with van der Waals surface area (Å²) in [6.45, 7) is 3.45. The molecule has 0 radical (unpaired) electrons. The second kappa shape index (κ2) is 6.39. The fraction of sp³-hybridized carbons (Fsp3) is 0.400. The van der Waals surface area contributed by atoms with E-state index in [1.165, 1.54) is 6.92 Å². The van der Waals surface area contributed by atoms with Crippen molar-refractivity contribution in [3.63, 3.8) is 0 Å². The van der Waals surface area contributed by atoms with Gasteiger partial charge in [-0.15, -0.1) is 0 Å². The van der Waals surface area contributed by atoms with Gasteiger partial charge in [0.15, 0.2) is 0 Å². The van der Waals surface area contributed by atoms with Crippen molar-refractivity contribution in [2.24, 2.45) is 7.05 Å². The van der Waals surface area contributed by atoms with Gasteiger partial charge in [0, 0.05) is 37.6 Å². The third kappa shape index (κ3) is 4.08. The molecule has 0 unspecified atom stereocenters. The zero-order valence-corrected chi connectivity index (χ0v) is 13.0. The van der Waals surface area contributed by atoms with E-state index in [9.17, 15) is 18.0 Å². The Hall–Kier alpha value is -2.38. The highest BCUT2D eigenvalue weighted by Crippen LogP contribution is 2.27. The van der Waals surface area contributed by atoms with E-state index in [2.05, 4.69) is 15.3 Å². The molecule has 0 saturated carbocycles. The zero-order chi connectivity index (χ0) is 17.2. The lowest BCUT2D eigenvalue weighted by atomic mass is 10.2. The van der Waals surface area contributed by atoms with Crippen LogP contribution >= 0.6 is 0 Å². The Morgan fingerprint density at radius 2 is 2.00 bits per heavy atom. The SMILES string of the molecule is Cc1cc(C(F)(F)F)nc(CCNC(=O)c2ccn(C)c2C)n1. The first kappa shape index (κ1) is 17.0.